The summed E-state index contributed by atoms with van der Waals surface area (Å²) in [6, 6.07) is 13.6. The first-order valence-corrected chi connectivity index (χ1v) is 11.0. The van der Waals surface area contributed by atoms with E-state index >= 15 is 0 Å². The number of pyridine rings is 1. The summed E-state index contributed by atoms with van der Waals surface area (Å²) in [5.74, 6) is 0.634. The molecular formula is C24H26N6O2. The standard InChI is InChI=1S/C24H26N6O2/c31-23(18-3-1-5-21(15-18)29-11-13-32-14-12-29)27-20-7-10-30(17-20)24-26-9-6-22(28-24)19-4-2-8-25-16-19/h1-6,8-9,15-16,20H,7,10-14,17H2,(H,27,31). The third kappa shape index (κ3) is 4.55. The van der Waals surface area contributed by atoms with Crippen molar-refractivity contribution in [3.8, 4) is 11.3 Å². The van der Waals surface area contributed by atoms with Gasteiger partial charge >= 0.3 is 0 Å². The van der Waals surface area contributed by atoms with Gasteiger partial charge in [-0.2, -0.15) is 0 Å². The molecule has 2 fully saturated rings. The minimum absolute atomic E-state index is 0.0445. The first-order valence-electron chi connectivity index (χ1n) is 11.0. The molecule has 2 aliphatic rings. The van der Waals surface area contributed by atoms with Gasteiger partial charge in [-0.25, -0.2) is 9.97 Å². The van der Waals surface area contributed by atoms with Crippen molar-refractivity contribution in [3.05, 3.63) is 66.6 Å². The first kappa shape index (κ1) is 20.4. The van der Waals surface area contributed by atoms with Crippen molar-refractivity contribution < 1.29 is 9.53 Å². The molecular weight excluding hydrogens is 404 g/mol. The van der Waals surface area contributed by atoms with E-state index in [1.54, 1.807) is 18.6 Å². The van der Waals surface area contributed by atoms with Gasteiger partial charge in [0.2, 0.25) is 5.95 Å². The number of hydrogen-bond donors (Lipinski definition) is 1. The molecule has 0 saturated carbocycles. The number of carbonyl (C=O) groups excluding carboxylic acids is 1. The van der Waals surface area contributed by atoms with Crippen molar-refractivity contribution in [2.24, 2.45) is 0 Å². The molecule has 3 aromatic rings. The molecule has 4 heterocycles. The molecule has 1 atom stereocenters. The predicted molar refractivity (Wildman–Crippen MR) is 123 cm³/mol. The van der Waals surface area contributed by atoms with Gasteiger partial charge in [0.1, 0.15) is 0 Å². The molecule has 0 bridgehead atoms. The average Bonchev–Trinajstić information content (AvgIpc) is 3.34. The summed E-state index contributed by atoms with van der Waals surface area (Å²) in [7, 11) is 0. The molecule has 32 heavy (non-hydrogen) atoms. The summed E-state index contributed by atoms with van der Waals surface area (Å²) in [5.41, 5.74) is 3.55. The maximum atomic E-state index is 12.9. The van der Waals surface area contributed by atoms with Crippen molar-refractivity contribution in [1.29, 1.82) is 0 Å². The number of rotatable bonds is 5. The Morgan fingerprint density at radius 3 is 2.78 bits per heavy atom. The van der Waals surface area contributed by atoms with Gasteiger partial charge in [-0.15, -0.1) is 0 Å². The second-order valence-electron chi connectivity index (χ2n) is 8.04. The van der Waals surface area contributed by atoms with Gasteiger partial charge in [0.15, 0.2) is 0 Å². The number of carbonyl (C=O) groups is 1. The van der Waals surface area contributed by atoms with Gasteiger partial charge in [-0.3, -0.25) is 9.78 Å². The Balaban J connectivity index is 1.22. The summed E-state index contributed by atoms with van der Waals surface area (Å²) >= 11 is 0. The van der Waals surface area contributed by atoms with Crippen molar-refractivity contribution in [3.63, 3.8) is 0 Å². The third-order valence-corrected chi connectivity index (χ3v) is 5.89. The van der Waals surface area contributed by atoms with E-state index in [0.717, 1.165) is 56.2 Å². The maximum absolute atomic E-state index is 12.9. The van der Waals surface area contributed by atoms with Crippen LogP contribution < -0.4 is 15.1 Å². The minimum Gasteiger partial charge on any atom is -0.378 e. The van der Waals surface area contributed by atoms with Crippen LogP contribution in [0.1, 0.15) is 16.8 Å². The molecule has 1 unspecified atom stereocenters. The van der Waals surface area contributed by atoms with E-state index in [-0.39, 0.29) is 11.9 Å². The van der Waals surface area contributed by atoms with Gasteiger partial charge in [-0.1, -0.05) is 6.07 Å². The van der Waals surface area contributed by atoms with Crippen LogP contribution in [0.3, 0.4) is 0 Å². The summed E-state index contributed by atoms with van der Waals surface area (Å²) in [5, 5.41) is 3.18. The Bertz CT molecular complexity index is 1070. The van der Waals surface area contributed by atoms with Crippen LogP contribution in [0, 0.1) is 0 Å². The molecule has 0 spiro atoms. The highest BCUT2D eigenvalue weighted by Gasteiger charge is 2.26. The molecule has 8 nitrogen and oxygen atoms in total. The number of anilines is 2. The Morgan fingerprint density at radius 2 is 1.94 bits per heavy atom. The van der Waals surface area contributed by atoms with Crippen LogP contribution in [-0.2, 0) is 4.74 Å². The van der Waals surface area contributed by atoms with Gasteiger partial charge < -0.3 is 19.9 Å². The van der Waals surface area contributed by atoms with E-state index in [4.69, 9.17) is 9.72 Å². The quantitative estimate of drug-likeness (QED) is 0.665. The lowest BCUT2D eigenvalue weighted by Crippen LogP contribution is -2.38. The molecule has 2 aromatic heterocycles. The minimum atomic E-state index is -0.0445. The fourth-order valence-corrected chi connectivity index (χ4v) is 4.17. The number of aromatic nitrogens is 3. The number of hydrogen-bond acceptors (Lipinski definition) is 7. The van der Waals surface area contributed by atoms with E-state index in [1.165, 1.54) is 0 Å². The third-order valence-electron chi connectivity index (χ3n) is 5.89. The van der Waals surface area contributed by atoms with Crippen LogP contribution in [0.4, 0.5) is 11.6 Å². The van der Waals surface area contributed by atoms with Gasteiger partial charge in [0.25, 0.3) is 5.91 Å². The van der Waals surface area contributed by atoms with Crippen molar-refractivity contribution >= 4 is 17.5 Å². The molecule has 5 rings (SSSR count). The number of nitrogens with one attached hydrogen (secondary N) is 1. The number of morpholine rings is 1. The highest BCUT2D eigenvalue weighted by atomic mass is 16.5. The highest BCUT2D eigenvalue weighted by Crippen LogP contribution is 2.22. The van der Waals surface area contributed by atoms with E-state index in [2.05, 4.69) is 25.1 Å². The van der Waals surface area contributed by atoms with Gasteiger partial charge in [0.05, 0.1) is 18.9 Å². The predicted octanol–water partition coefficient (Wildman–Crippen LogP) is 2.38. The fraction of sp³-hybridized carbons (Fsp3) is 0.333. The summed E-state index contributed by atoms with van der Waals surface area (Å²) in [4.78, 5) is 30.6. The Kier molecular flexibility index (Phi) is 5.93. The zero-order valence-electron chi connectivity index (χ0n) is 17.9. The summed E-state index contributed by atoms with van der Waals surface area (Å²) in [6.07, 6.45) is 6.17. The van der Waals surface area contributed by atoms with E-state index < -0.39 is 0 Å². The van der Waals surface area contributed by atoms with Crippen molar-refractivity contribution in [2.75, 3.05) is 49.2 Å². The molecule has 1 N–H and O–H groups in total. The lowest BCUT2D eigenvalue weighted by atomic mass is 10.1. The monoisotopic (exact) mass is 430 g/mol. The number of nitrogens with zero attached hydrogens (tertiary/aromatic N) is 5. The normalized spacial score (nSPS) is 18.6. The molecule has 1 amide bonds. The summed E-state index contributed by atoms with van der Waals surface area (Å²) in [6.45, 7) is 4.62. The number of amides is 1. The molecule has 164 valence electrons. The topological polar surface area (TPSA) is 83.5 Å². The van der Waals surface area contributed by atoms with Gasteiger partial charge in [0, 0.05) is 67.6 Å². The van der Waals surface area contributed by atoms with Crippen LogP contribution in [0.15, 0.2) is 61.1 Å². The largest absolute Gasteiger partial charge is 0.378 e. The lowest BCUT2D eigenvalue weighted by molar-refractivity contribution is 0.0940. The van der Waals surface area contributed by atoms with E-state index in [0.29, 0.717) is 18.1 Å². The summed E-state index contributed by atoms with van der Waals surface area (Å²) < 4.78 is 5.43. The molecule has 1 aromatic carbocycles. The van der Waals surface area contributed by atoms with E-state index in [1.807, 2.05) is 42.5 Å². The molecule has 2 saturated heterocycles. The first-order chi connectivity index (χ1) is 15.8. The molecule has 0 aliphatic carbocycles. The van der Waals surface area contributed by atoms with Crippen LogP contribution in [0.2, 0.25) is 0 Å². The molecule has 0 radical (unpaired) electrons. The highest BCUT2D eigenvalue weighted by molar-refractivity contribution is 5.95. The Labute approximate surface area is 187 Å². The second-order valence-corrected chi connectivity index (χ2v) is 8.04. The van der Waals surface area contributed by atoms with E-state index in [9.17, 15) is 4.79 Å². The molecule has 2 aliphatic heterocycles. The SMILES string of the molecule is O=C(NC1CCN(c2nccc(-c3cccnc3)n2)C1)c1cccc(N2CCOCC2)c1. The maximum Gasteiger partial charge on any atom is 0.251 e. The van der Waals surface area contributed by atoms with Crippen LogP contribution >= 0.6 is 0 Å². The molecule has 8 heteroatoms. The lowest BCUT2D eigenvalue weighted by Gasteiger charge is -2.29. The average molecular weight is 431 g/mol. The van der Waals surface area contributed by atoms with Crippen LogP contribution in [0.25, 0.3) is 11.3 Å². The zero-order valence-corrected chi connectivity index (χ0v) is 17.9. The number of benzene rings is 1. The number of ether oxygens (including phenoxy) is 1. The Hall–Kier alpha value is -3.52. The second kappa shape index (κ2) is 9.32. The zero-order chi connectivity index (χ0) is 21.8. The fourth-order valence-electron chi connectivity index (χ4n) is 4.17. The van der Waals surface area contributed by atoms with Crippen molar-refractivity contribution in [2.45, 2.75) is 12.5 Å². The Morgan fingerprint density at radius 1 is 1.03 bits per heavy atom. The van der Waals surface area contributed by atoms with Gasteiger partial charge in [-0.05, 0) is 42.8 Å². The van der Waals surface area contributed by atoms with Crippen molar-refractivity contribution in [1.82, 2.24) is 20.3 Å². The smallest absolute Gasteiger partial charge is 0.251 e. The van der Waals surface area contributed by atoms with Crippen LogP contribution in [0.5, 0.6) is 0 Å². The van der Waals surface area contributed by atoms with Crippen LogP contribution in [-0.4, -0.2) is 66.3 Å².